The second kappa shape index (κ2) is 9.66. The first-order valence-corrected chi connectivity index (χ1v) is 10.5. The molecule has 0 heterocycles. The van der Waals surface area contributed by atoms with Gasteiger partial charge in [-0.25, -0.2) is 4.79 Å². The summed E-state index contributed by atoms with van der Waals surface area (Å²) < 4.78 is 28.6. The van der Waals surface area contributed by atoms with Crippen molar-refractivity contribution in [3.8, 4) is 11.5 Å². The van der Waals surface area contributed by atoms with E-state index in [1.54, 1.807) is 20.8 Å². The van der Waals surface area contributed by atoms with E-state index in [1.807, 2.05) is 0 Å². The number of aromatic hydroxyl groups is 2. The first kappa shape index (κ1) is 19.0. The Bertz CT molecular complexity index is 853. The molecule has 2 atom stereocenters. The number of carbonyl (C=O) groups excluding carboxylic acids is 1. The molecule has 1 aliphatic carbocycles. The van der Waals surface area contributed by atoms with E-state index in [0.717, 1.165) is 19.3 Å². The molecule has 0 fully saturated rings. The predicted molar refractivity (Wildman–Crippen MR) is 114 cm³/mol. The van der Waals surface area contributed by atoms with Gasteiger partial charge in [-0.3, -0.25) is 0 Å². The number of carbonyl (C=O) groups is 1. The average Bonchev–Trinajstić information content (AvgIpc) is 2.66. The van der Waals surface area contributed by atoms with Crippen LogP contribution in [-0.2, 0) is 11.2 Å². The van der Waals surface area contributed by atoms with Gasteiger partial charge >= 0.3 is 5.97 Å². The summed E-state index contributed by atoms with van der Waals surface area (Å²) in [6, 6.07) is 1.47. The molecule has 162 valence electrons. The first-order chi connectivity index (χ1) is 14.8. The van der Waals surface area contributed by atoms with Crippen LogP contribution in [0.5, 0.6) is 11.5 Å². The molecule has 1 unspecified atom stereocenters. The number of rotatable bonds is 8. The smallest absolute Gasteiger partial charge is 0.342 e. The highest BCUT2D eigenvalue weighted by atomic mass is 16.5. The van der Waals surface area contributed by atoms with Crippen LogP contribution in [0.25, 0.3) is 0 Å². The standard InChI is InChI=1S/C24H36O5/c1-6-8-9-10-16-14-19(25)21(22(26)20(16)23(27)29-7-2)17-13-15(3)11-12-18(17)24(4,5)28/h13-14,17-18,25-26,28H,6-12H2,1-5H3/t17?,18-/m0/s1/i3D3. The van der Waals surface area contributed by atoms with Crippen LogP contribution in [0.1, 0.15) is 98.2 Å². The van der Waals surface area contributed by atoms with Gasteiger partial charge in [-0.1, -0.05) is 31.4 Å². The van der Waals surface area contributed by atoms with E-state index in [4.69, 9.17) is 8.85 Å². The number of phenolic OH excluding ortho intramolecular Hbond substituents is 2. The van der Waals surface area contributed by atoms with E-state index in [0.29, 0.717) is 18.4 Å². The molecule has 0 aliphatic heterocycles. The Hall–Kier alpha value is -2.01. The topological polar surface area (TPSA) is 87.0 Å². The summed E-state index contributed by atoms with van der Waals surface area (Å²) in [5.74, 6) is -2.56. The number of benzene rings is 1. The van der Waals surface area contributed by atoms with E-state index >= 15 is 0 Å². The van der Waals surface area contributed by atoms with Crippen molar-refractivity contribution < 1.29 is 29.0 Å². The highest BCUT2D eigenvalue weighted by Gasteiger charge is 2.39. The number of ether oxygens (including phenoxy) is 1. The van der Waals surface area contributed by atoms with E-state index in [9.17, 15) is 20.1 Å². The molecule has 5 heteroatoms. The van der Waals surface area contributed by atoms with Gasteiger partial charge in [-0.2, -0.15) is 0 Å². The molecule has 1 aromatic carbocycles. The molecule has 5 nitrogen and oxygen atoms in total. The maximum atomic E-state index is 12.7. The quantitative estimate of drug-likeness (QED) is 0.312. The Morgan fingerprint density at radius 1 is 1.31 bits per heavy atom. The fourth-order valence-corrected chi connectivity index (χ4v) is 4.23. The highest BCUT2D eigenvalue weighted by molar-refractivity contribution is 5.95. The average molecular weight is 408 g/mol. The SMILES string of the molecule is [2H]C([2H])([2H])C1=CC(c2c(O)cc(CCCCC)c(C(=O)OCC)c2O)[C@@H](C(C)(C)O)CC1. The van der Waals surface area contributed by atoms with Crippen LogP contribution in [0.4, 0.5) is 0 Å². The van der Waals surface area contributed by atoms with Crippen LogP contribution in [0.2, 0.25) is 0 Å². The van der Waals surface area contributed by atoms with Crippen molar-refractivity contribution in [2.45, 2.75) is 84.6 Å². The Labute approximate surface area is 178 Å². The van der Waals surface area contributed by atoms with Gasteiger partial charge in [-0.15, -0.1) is 0 Å². The molecule has 29 heavy (non-hydrogen) atoms. The molecule has 0 radical (unpaired) electrons. The third-order valence-corrected chi connectivity index (χ3v) is 5.71. The summed E-state index contributed by atoms with van der Waals surface area (Å²) in [5, 5.41) is 32.9. The van der Waals surface area contributed by atoms with Crippen LogP contribution >= 0.6 is 0 Å². The van der Waals surface area contributed by atoms with Crippen molar-refractivity contribution in [3.63, 3.8) is 0 Å². The van der Waals surface area contributed by atoms with Gasteiger partial charge < -0.3 is 20.1 Å². The molecular weight excluding hydrogens is 368 g/mol. The van der Waals surface area contributed by atoms with Crippen molar-refractivity contribution >= 4 is 5.97 Å². The molecule has 1 aliphatic rings. The summed E-state index contributed by atoms with van der Waals surface area (Å²) in [6.07, 6.45) is 5.33. The maximum absolute atomic E-state index is 12.7. The summed E-state index contributed by atoms with van der Waals surface area (Å²) in [6.45, 7) is 4.78. The largest absolute Gasteiger partial charge is 0.507 e. The number of hydrogen-bond acceptors (Lipinski definition) is 5. The van der Waals surface area contributed by atoms with Crippen LogP contribution < -0.4 is 0 Å². The second-order valence-electron chi connectivity index (χ2n) is 8.39. The van der Waals surface area contributed by atoms with Crippen molar-refractivity contribution in [3.05, 3.63) is 34.4 Å². The number of allylic oxidation sites excluding steroid dienone is 2. The van der Waals surface area contributed by atoms with Gasteiger partial charge in [0.1, 0.15) is 17.1 Å². The fraction of sp³-hybridized carbons (Fsp3) is 0.625. The van der Waals surface area contributed by atoms with Gasteiger partial charge in [0, 0.05) is 15.6 Å². The molecule has 0 amide bonds. The van der Waals surface area contributed by atoms with E-state index in [1.165, 1.54) is 12.1 Å². The molecule has 3 N–H and O–H groups in total. The lowest BCUT2D eigenvalue weighted by atomic mass is 9.69. The lowest BCUT2D eigenvalue weighted by Crippen LogP contribution is -2.36. The van der Waals surface area contributed by atoms with Crippen LogP contribution in [0.15, 0.2) is 17.7 Å². The van der Waals surface area contributed by atoms with Gasteiger partial charge in [-0.05, 0) is 70.9 Å². The number of aryl methyl sites for hydroxylation is 1. The highest BCUT2D eigenvalue weighted by Crippen LogP contribution is 2.49. The summed E-state index contributed by atoms with van der Waals surface area (Å²) in [4.78, 5) is 12.7. The van der Waals surface area contributed by atoms with Crippen molar-refractivity contribution in [1.29, 1.82) is 0 Å². The van der Waals surface area contributed by atoms with Gasteiger partial charge in [0.05, 0.1) is 12.2 Å². The van der Waals surface area contributed by atoms with Crippen LogP contribution in [-0.4, -0.2) is 33.5 Å². The van der Waals surface area contributed by atoms with E-state index in [2.05, 4.69) is 6.92 Å². The molecule has 0 saturated heterocycles. The second-order valence-corrected chi connectivity index (χ2v) is 8.39. The zero-order valence-electron chi connectivity index (χ0n) is 20.9. The Morgan fingerprint density at radius 3 is 2.62 bits per heavy atom. The molecule has 2 rings (SSSR count). The van der Waals surface area contributed by atoms with Gasteiger partial charge in [0.2, 0.25) is 0 Å². The zero-order chi connectivity index (χ0) is 24.3. The van der Waals surface area contributed by atoms with E-state index < -0.39 is 36.0 Å². The van der Waals surface area contributed by atoms with Crippen LogP contribution in [0, 0.1) is 5.92 Å². The molecule has 0 saturated carbocycles. The fourth-order valence-electron chi connectivity index (χ4n) is 4.23. The molecule has 0 bridgehead atoms. The summed E-state index contributed by atoms with van der Waals surface area (Å²) in [5.41, 5.74) is -0.442. The Morgan fingerprint density at radius 2 is 2.03 bits per heavy atom. The molecule has 0 aromatic heterocycles. The molecule has 0 spiro atoms. The lowest BCUT2D eigenvalue weighted by molar-refractivity contribution is 0.00420. The molecular formula is C24H36O5. The lowest BCUT2D eigenvalue weighted by Gasteiger charge is -2.38. The maximum Gasteiger partial charge on any atom is 0.342 e. The minimum absolute atomic E-state index is 0.000318. The summed E-state index contributed by atoms with van der Waals surface area (Å²) >= 11 is 0. The monoisotopic (exact) mass is 407 g/mol. The third-order valence-electron chi connectivity index (χ3n) is 5.71. The first-order valence-electron chi connectivity index (χ1n) is 12.0. The van der Waals surface area contributed by atoms with Crippen LogP contribution in [0.3, 0.4) is 0 Å². The van der Waals surface area contributed by atoms with Crippen molar-refractivity contribution in [2.75, 3.05) is 6.61 Å². The Kier molecular flexibility index (Phi) is 6.32. The number of aliphatic hydroxyl groups is 1. The number of unbranched alkanes of at least 4 members (excludes halogenated alkanes) is 2. The van der Waals surface area contributed by atoms with E-state index in [-0.39, 0.29) is 35.5 Å². The minimum atomic E-state index is -2.32. The van der Waals surface area contributed by atoms with Crippen molar-refractivity contribution in [2.24, 2.45) is 5.92 Å². The minimum Gasteiger partial charge on any atom is -0.507 e. The third kappa shape index (κ3) is 5.33. The summed E-state index contributed by atoms with van der Waals surface area (Å²) in [7, 11) is 0. The number of esters is 1. The normalized spacial score (nSPS) is 21.7. The van der Waals surface area contributed by atoms with Crippen molar-refractivity contribution in [1.82, 2.24) is 0 Å². The van der Waals surface area contributed by atoms with Gasteiger partial charge in [0.25, 0.3) is 0 Å². The number of phenols is 2. The Balaban J connectivity index is 2.71. The predicted octanol–water partition coefficient (Wildman–Crippen LogP) is 5.22. The number of hydrogen-bond donors (Lipinski definition) is 3. The van der Waals surface area contributed by atoms with Gasteiger partial charge in [0.15, 0.2) is 0 Å². The zero-order valence-corrected chi connectivity index (χ0v) is 17.9. The molecule has 1 aromatic rings.